The molecule has 0 bridgehead atoms. The summed E-state index contributed by atoms with van der Waals surface area (Å²) in [5.74, 6) is -0.334. The van der Waals surface area contributed by atoms with Crippen molar-refractivity contribution < 1.29 is 9.53 Å². The average Bonchev–Trinajstić information content (AvgIpc) is 3.46. The number of fused-ring (bicyclic) bond motifs is 1. The lowest BCUT2D eigenvalue weighted by molar-refractivity contribution is 0.0266. The van der Waals surface area contributed by atoms with E-state index in [9.17, 15) is 4.79 Å². The molecule has 1 saturated carbocycles. The highest BCUT2D eigenvalue weighted by atomic mass is 16.5. The van der Waals surface area contributed by atoms with E-state index < -0.39 is 0 Å². The number of nitrogens with one attached hydrogen (secondary N) is 2. The molecule has 0 aromatic carbocycles. The predicted molar refractivity (Wildman–Crippen MR) is 123 cm³/mol. The average molecular weight is 441 g/mol. The fraction of sp³-hybridized carbons (Fsp3) is 0.320. The van der Waals surface area contributed by atoms with Crippen LogP contribution < -0.4 is 5.32 Å². The number of aryl methyl sites for hydroxylation is 1. The number of carbonyl (C=O) groups is 1. The van der Waals surface area contributed by atoms with Gasteiger partial charge >= 0.3 is 5.97 Å². The first-order valence-corrected chi connectivity index (χ1v) is 11.2. The van der Waals surface area contributed by atoms with Crippen LogP contribution in [-0.2, 0) is 4.74 Å². The molecule has 0 amide bonds. The van der Waals surface area contributed by atoms with Gasteiger partial charge in [-0.05, 0) is 61.9 Å². The van der Waals surface area contributed by atoms with Gasteiger partial charge in [0.25, 0.3) is 0 Å². The maximum absolute atomic E-state index is 12.8. The molecule has 1 unspecified atom stereocenters. The number of H-pyrrole nitrogens is 1. The molecule has 1 aliphatic carbocycles. The SMILES string of the molecule is Cc1cccc(-c2[nH]ncc2-c2ccc3ncc(C(=O)OC4CCC5(CNC5)C4)cc3n2)n1. The van der Waals surface area contributed by atoms with Crippen molar-refractivity contribution in [3.63, 3.8) is 0 Å². The Morgan fingerprint density at radius 3 is 2.79 bits per heavy atom. The highest BCUT2D eigenvalue weighted by Crippen LogP contribution is 2.42. The number of rotatable bonds is 4. The van der Waals surface area contributed by atoms with E-state index in [1.807, 2.05) is 37.3 Å². The van der Waals surface area contributed by atoms with Crippen LogP contribution in [0.3, 0.4) is 0 Å². The summed E-state index contributed by atoms with van der Waals surface area (Å²) in [6.45, 7) is 4.01. The third kappa shape index (κ3) is 3.66. The first-order valence-electron chi connectivity index (χ1n) is 11.2. The maximum Gasteiger partial charge on any atom is 0.340 e. The van der Waals surface area contributed by atoms with E-state index >= 15 is 0 Å². The second-order valence-electron chi connectivity index (χ2n) is 9.16. The normalized spacial score (nSPS) is 19.0. The fourth-order valence-corrected chi connectivity index (χ4v) is 4.90. The van der Waals surface area contributed by atoms with Gasteiger partial charge in [-0.25, -0.2) is 9.78 Å². The number of hydrogen-bond donors (Lipinski definition) is 2. The molecule has 6 rings (SSSR count). The number of esters is 1. The van der Waals surface area contributed by atoms with Gasteiger partial charge in [0.05, 0.1) is 39.9 Å². The van der Waals surface area contributed by atoms with E-state index in [1.54, 1.807) is 18.5 Å². The topological polar surface area (TPSA) is 106 Å². The van der Waals surface area contributed by atoms with E-state index in [-0.39, 0.29) is 12.1 Å². The Labute approximate surface area is 190 Å². The van der Waals surface area contributed by atoms with Gasteiger partial charge in [0.1, 0.15) is 6.10 Å². The number of carbonyl (C=O) groups excluding carboxylic acids is 1. The molecule has 33 heavy (non-hydrogen) atoms. The molecule has 166 valence electrons. The van der Waals surface area contributed by atoms with Crippen molar-refractivity contribution in [2.24, 2.45) is 5.41 Å². The zero-order valence-electron chi connectivity index (χ0n) is 18.3. The molecule has 4 aromatic heterocycles. The minimum atomic E-state index is -0.334. The minimum Gasteiger partial charge on any atom is -0.459 e. The Kier molecular flexibility index (Phi) is 4.69. The van der Waals surface area contributed by atoms with Crippen LogP contribution >= 0.6 is 0 Å². The molecule has 1 spiro atoms. The van der Waals surface area contributed by atoms with Gasteiger partial charge in [-0.1, -0.05) is 6.07 Å². The number of hydrogen-bond acceptors (Lipinski definition) is 7. The molecule has 4 aromatic rings. The monoisotopic (exact) mass is 440 g/mol. The van der Waals surface area contributed by atoms with Gasteiger partial charge < -0.3 is 10.1 Å². The van der Waals surface area contributed by atoms with E-state index in [0.29, 0.717) is 16.5 Å². The van der Waals surface area contributed by atoms with Gasteiger partial charge in [-0.2, -0.15) is 5.10 Å². The second-order valence-corrected chi connectivity index (χ2v) is 9.16. The molecule has 2 aliphatic rings. The molecular weight excluding hydrogens is 416 g/mol. The molecule has 1 atom stereocenters. The molecule has 0 radical (unpaired) electrons. The fourth-order valence-electron chi connectivity index (χ4n) is 4.90. The lowest BCUT2D eigenvalue weighted by atomic mass is 9.80. The van der Waals surface area contributed by atoms with Crippen molar-refractivity contribution in [1.82, 2.24) is 30.5 Å². The first kappa shape index (κ1) is 20.0. The van der Waals surface area contributed by atoms with Gasteiger partial charge in [0, 0.05) is 30.5 Å². The van der Waals surface area contributed by atoms with Crippen LogP contribution in [0, 0.1) is 12.3 Å². The zero-order chi connectivity index (χ0) is 22.4. The lowest BCUT2D eigenvalue weighted by Gasteiger charge is -2.39. The van der Waals surface area contributed by atoms with E-state index in [0.717, 1.165) is 66.2 Å². The summed E-state index contributed by atoms with van der Waals surface area (Å²) in [6, 6.07) is 11.4. The van der Waals surface area contributed by atoms with Gasteiger partial charge in [0.2, 0.25) is 0 Å². The summed E-state index contributed by atoms with van der Waals surface area (Å²) in [7, 11) is 0. The summed E-state index contributed by atoms with van der Waals surface area (Å²) >= 11 is 0. The van der Waals surface area contributed by atoms with Crippen molar-refractivity contribution in [3.8, 4) is 22.6 Å². The quantitative estimate of drug-likeness (QED) is 0.466. The largest absolute Gasteiger partial charge is 0.459 e. The van der Waals surface area contributed by atoms with Crippen molar-refractivity contribution in [3.05, 3.63) is 60.0 Å². The number of aromatic amines is 1. The van der Waals surface area contributed by atoms with Crippen LogP contribution in [-0.4, -0.2) is 50.3 Å². The summed E-state index contributed by atoms with van der Waals surface area (Å²) in [5, 5.41) is 10.6. The molecule has 8 heteroatoms. The van der Waals surface area contributed by atoms with Crippen molar-refractivity contribution >= 4 is 17.0 Å². The third-order valence-electron chi connectivity index (χ3n) is 6.76. The van der Waals surface area contributed by atoms with E-state index in [4.69, 9.17) is 9.72 Å². The van der Waals surface area contributed by atoms with Crippen LogP contribution in [0.5, 0.6) is 0 Å². The first-order chi connectivity index (χ1) is 16.1. The zero-order valence-corrected chi connectivity index (χ0v) is 18.3. The van der Waals surface area contributed by atoms with Crippen molar-refractivity contribution in [1.29, 1.82) is 0 Å². The maximum atomic E-state index is 12.8. The van der Waals surface area contributed by atoms with Crippen LogP contribution in [0.2, 0.25) is 0 Å². The molecule has 8 nitrogen and oxygen atoms in total. The Bertz CT molecular complexity index is 1360. The smallest absolute Gasteiger partial charge is 0.340 e. The van der Waals surface area contributed by atoms with Crippen LogP contribution in [0.15, 0.2) is 48.8 Å². The Hall–Kier alpha value is -3.65. The second kappa shape index (κ2) is 7.74. The molecule has 1 aliphatic heterocycles. The summed E-state index contributed by atoms with van der Waals surface area (Å²) in [4.78, 5) is 26.6. The standard InChI is InChI=1S/C25H24N6O2/c1-15-3-2-4-21(29-15)23-18(12-28-31-23)19-5-6-20-22(30-19)9-16(11-27-20)24(32)33-17-7-8-25(10-17)13-26-14-25/h2-6,9,11-12,17,26H,7-8,10,13-14H2,1H3,(H,28,31). The number of pyridine rings is 3. The van der Waals surface area contributed by atoms with Crippen molar-refractivity contribution in [2.45, 2.75) is 32.3 Å². The Balaban J connectivity index is 1.28. The third-order valence-corrected chi connectivity index (χ3v) is 6.76. The highest BCUT2D eigenvalue weighted by Gasteiger charge is 2.45. The Morgan fingerprint density at radius 1 is 1.09 bits per heavy atom. The number of aromatic nitrogens is 5. The number of nitrogens with zero attached hydrogens (tertiary/aromatic N) is 4. The van der Waals surface area contributed by atoms with Crippen LogP contribution in [0.4, 0.5) is 0 Å². The van der Waals surface area contributed by atoms with Gasteiger partial charge in [-0.15, -0.1) is 0 Å². The summed E-state index contributed by atoms with van der Waals surface area (Å²) in [6.07, 6.45) is 6.26. The number of ether oxygens (including phenoxy) is 1. The molecular formula is C25H24N6O2. The van der Waals surface area contributed by atoms with E-state index in [2.05, 4.69) is 25.5 Å². The van der Waals surface area contributed by atoms with Gasteiger partial charge in [0.15, 0.2) is 0 Å². The Morgan fingerprint density at radius 2 is 2.00 bits per heavy atom. The minimum absolute atomic E-state index is 0.0232. The molecule has 2 fully saturated rings. The van der Waals surface area contributed by atoms with Crippen LogP contribution in [0.1, 0.15) is 35.3 Å². The van der Waals surface area contributed by atoms with Gasteiger partial charge in [-0.3, -0.25) is 15.1 Å². The predicted octanol–water partition coefficient (Wildman–Crippen LogP) is 3.69. The summed E-state index contributed by atoms with van der Waals surface area (Å²) < 4.78 is 5.81. The van der Waals surface area contributed by atoms with Crippen molar-refractivity contribution in [2.75, 3.05) is 13.1 Å². The molecule has 1 saturated heterocycles. The molecule has 2 N–H and O–H groups in total. The van der Waals surface area contributed by atoms with E-state index in [1.165, 1.54) is 0 Å². The molecule has 5 heterocycles. The summed E-state index contributed by atoms with van der Waals surface area (Å²) in [5.41, 5.74) is 6.21. The lowest BCUT2D eigenvalue weighted by Crippen LogP contribution is -2.52. The highest BCUT2D eigenvalue weighted by molar-refractivity contribution is 5.93. The van der Waals surface area contributed by atoms with Crippen LogP contribution in [0.25, 0.3) is 33.7 Å².